The van der Waals surface area contributed by atoms with E-state index in [2.05, 4.69) is 15.3 Å². The van der Waals surface area contributed by atoms with Crippen LogP contribution in [0.5, 0.6) is 0 Å². The molecule has 0 saturated heterocycles. The predicted octanol–water partition coefficient (Wildman–Crippen LogP) is 4.10. The summed E-state index contributed by atoms with van der Waals surface area (Å²) in [6.45, 7) is 1.73. The fourth-order valence-corrected chi connectivity index (χ4v) is 3.80. The number of thioether (sulfide) groups is 1. The first-order valence-corrected chi connectivity index (χ1v) is 9.76. The number of benzene rings is 1. The van der Waals surface area contributed by atoms with E-state index in [1.54, 1.807) is 36.6 Å². The number of anilines is 1. The van der Waals surface area contributed by atoms with Crippen LogP contribution in [0.25, 0.3) is 11.3 Å². The number of nitrogens with zero attached hydrogens (tertiary/aromatic N) is 4. The molecule has 1 N–H and O–H groups in total. The molecule has 2 aromatic heterocycles. The minimum absolute atomic E-state index is 0.0202. The van der Waals surface area contributed by atoms with Crippen molar-refractivity contribution in [3.05, 3.63) is 63.7 Å². The summed E-state index contributed by atoms with van der Waals surface area (Å²) in [5, 5.41) is 24.8. The molecule has 2 heterocycles. The number of rotatable bonds is 6. The maximum Gasteiger partial charge on any atom is 0.270 e. The predicted molar refractivity (Wildman–Crippen MR) is 107 cm³/mol. The number of nitro groups is 1. The van der Waals surface area contributed by atoms with Crippen LogP contribution >= 0.6 is 23.1 Å². The highest BCUT2D eigenvalue weighted by Gasteiger charge is 2.17. The zero-order valence-corrected chi connectivity index (χ0v) is 16.2. The second-order valence-corrected chi connectivity index (χ2v) is 7.81. The normalized spacial score (nSPS) is 11.4. The fourth-order valence-electron chi connectivity index (χ4n) is 2.23. The number of hydrogen-bond acceptors (Lipinski definition) is 8. The van der Waals surface area contributed by atoms with Crippen molar-refractivity contribution < 1.29 is 9.72 Å². The molecule has 0 aliphatic carbocycles. The third-order valence-corrected chi connectivity index (χ3v) is 5.41. The number of thiazole rings is 1. The van der Waals surface area contributed by atoms with E-state index in [-0.39, 0.29) is 11.6 Å². The maximum atomic E-state index is 12.4. The lowest BCUT2D eigenvalue weighted by atomic mass is 10.1. The molecule has 0 aliphatic heterocycles. The van der Waals surface area contributed by atoms with E-state index in [0.717, 1.165) is 0 Å². The van der Waals surface area contributed by atoms with Gasteiger partial charge in [-0.15, -0.1) is 11.3 Å². The molecular weight excluding hydrogens is 398 g/mol. The van der Waals surface area contributed by atoms with E-state index in [1.165, 1.54) is 41.4 Å². The highest BCUT2D eigenvalue weighted by molar-refractivity contribution is 8.00. The molecule has 0 bridgehead atoms. The summed E-state index contributed by atoms with van der Waals surface area (Å²) in [6, 6.07) is 11.4. The van der Waals surface area contributed by atoms with Gasteiger partial charge in [-0.3, -0.25) is 14.9 Å². The van der Waals surface area contributed by atoms with Crippen molar-refractivity contribution in [1.29, 1.82) is 5.26 Å². The first-order valence-electron chi connectivity index (χ1n) is 8.00. The Morgan fingerprint density at radius 1 is 1.39 bits per heavy atom. The Kier molecular flexibility index (Phi) is 5.98. The SMILES string of the molecule is CC(Sc1cc(C#N)ccn1)C(=O)Nc1nc(-c2cccc([N+](=O)[O-])c2)cs1. The van der Waals surface area contributed by atoms with Gasteiger partial charge in [0.05, 0.1) is 32.5 Å². The number of amides is 1. The second-order valence-electron chi connectivity index (χ2n) is 5.59. The van der Waals surface area contributed by atoms with Gasteiger partial charge in [-0.1, -0.05) is 23.9 Å². The molecule has 10 heteroatoms. The zero-order valence-electron chi connectivity index (χ0n) is 14.5. The Morgan fingerprint density at radius 2 is 2.21 bits per heavy atom. The van der Waals surface area contributed by atoms with Crippen LogP contribution in [0.1, 0.15) is 12.5 Å². The van der Waals surface area contributed by atoms with E-state index in [1.807, 2.05) is 6.07 Å². The number of carbonyl (C=O) groups excluding carboxylic acids is 1. The van der Waals surface area contributed by atoms with Crippen molar-refractivity contribution >= 4 is 39.8 Å². The number of carbonyl (C=O) groups is 1. The van der Waals surface area contributed by atoms with Crippen LogP contribution in [0, 0.1) is 21.4 Å². The van der Waals surface area contributed by atoms with Gasteiger partial charge < -0.3 is 5.32 Å². The van der Waals surface area contributed by atoms with Gasteiger partial charge >= 0.3 is 0 Å². The van der Waals surface area contributed by atoms with Gasteiger partial charge in [0.25, 0.3) is 5.69 Å². The van der Waals surface area contributed by atoms with Gasteiger partial charge in [0.1, 0.15) is 0 Å². The van der Waals surface area contributed by atoms with Crippen molar-refractivity contribution in [1.82, 2.24) is 9.97 Å². The molecule has 3 rings (SSSR count). The van der Waals surface area contributed by atoms with Gasteiger partial charge in [0.15, 0.2) is 5.13 Å². The first kappa shape index (κ1) is 19.5. The quantitative estimate of drug-likeness (QED) is 0.368. The largest absolute Gasteiger partial charge is 0.301 e. The molecule has 1 unspecified atom stereocenters. The van der Waals surface area contributed by atoms with Gasteiger partial charge in [0, 0.05) is 29.3 Å². The number of aromatic nitrogens is 2. The van der Waals surface area contributed by atoms with Crippen molar-refractivity contribution in [3.8, 4) is 17.3 Å². The summed E-state index contributed by atoms with van der Waals surface area (Å²) in [7, 11) is 0. The van der Waals surface area contributed by atoms with E-state index in [4.69, 9.17) is 5.26 Å². The second kappa shape index (κ2) is 8.60. The Labute approximate surface area is 168 Å². The van der Waals surface area contributed by atoms with E-state index < -0.39 is 10.2 Å². The highest BCUT2D eigenvalue weighted by atomic mass is 32.2. The zero-order chi connectivity index (χ0) is 20.1. The summed E-state index contributed by atoms with van der Waals surface area (Å²) < 4.78 is 0. The summed E-state index contributed by atoms with van der Waals surface area (Å²) in [6.07, 6.45) is 1.53. The molecule has 0 saturated carbocycles. The minimum Gasteiger partial charge on any atom is -0.301 e. The van der Waals surface area contributed by atoms with Crippen LogP contribution in [0.15, 0.2) is 53.0 Å². The van der Waals surface area contributed by atoms with Crippen molar-refractivity contribution in [2.45, 2.75) is 17.2 Å². The van der Waals surface area contributed by atoms with Gasteiger partial charge in [0.2, 0.25) is 5.91 Å². The van der Waals surface area contributed by atoms with Crippen LogP contribution in [-0.2, 0) is 4.79 Å². The summed E-state index contributed by atoms with van der Waals surface area (Å²) in [4.78, 5) is 31.3. The van der Waals surface area contributed by atoms with Crippen LogP contribution in [0.2, 0.25) is 0 Å². The smallest absolute Gasteiger partial charge is 0.270 e. The number of pyridine rings is 1. The Balaban J connectivity index is 1.67. The minimum atomic E-state index is -0.465. The van der Waals surface area contributed by atoms with Crippen molar-refractivity contribution in [3.63, 3.8) is 0 Å². The van der Waals surface area contributed by atoms with Crippen LogP contribution in [0.4, 0.5) is 10.8 Å². The molecule has 1 amide bonds. The molecule has 0 spiro atoms. The van der Waals surface area contributed by atoms with E-state index in [9.17, 15) is 14.9 Å². The fraction of sp³-hybridized carbons (Fsp3) is 0.111. The lowest BCUT2D eigenvalue weighted by Crippen LogP contribution is -2.22. The number of nitro benzene ring substituents is 1. The molecule has 1 atom stereocenters. The molecule has 0 fully saturated rings. The molecule has 0 radical (unpaired) electrons. The molecular formula is C18H13N5O3S2. The topological polar surface area (TPSA) is 122 Å². The lowest BCUT2D eigenvalue weighted by Gasteiger charge is -2.09. The maximum absolute atomic E-state index is 12.4. The third-order valence-electron chi connectivity index (χ3n) is 3.62. The first-order chi connectivity index (χ1) is 13.5. The molecule has 0 aliphatic rings. The summed E-state index contributed by atoms with van der Waals surface area (Å²) in [5.41, 5.74) is 1.61. The highest BCUT2D eigenvalue weighted by Crippen LogP contribution is 2.28. The Hall–Kier alpha value is -3.29. The van der Waals surface area contributed by atoms with Gasteiger partial charge in [-0.2, -0.15) is 5.26 Å². The lowest BCUT2D eigenvalue weighted by molar-refractivity contribution is -0.384. The van der Waals surface area contributed by atoms with Gasteiger partial charge in [-0.05, 0) is 19.1 Å². The Bertz CT molecular complexity index is 1080. The molecule has 1 aromatic carbocycles. The number of nitrogens with one attached hydrogen (secondary N) is 1. The molecule has 28 heavy (non-hydrogen) atoms. The monoisotopic (exact) mass is 411 g/mol. The van der Waals surface area contributed by atoms with Crippen molar-refractivity contribution in [2.24, 2.45) is 0 Å². The standard InChI is InChI=1S/C18H13N5O3S2/c1-11(28-16-7-12(9-19)5-6-20-16)17(24)22-18-21-15(10-27-18)13-3-2-4-14(8-13)23(25)26/h2-8,10-11H,1H3,(H,21,22,24). The molecule has 3 aromatic rings. The van der Waals surface area contributed by atoms with E-state index in [0.29, 0.717) is 27.0 Å². The van der Waals surface area contributed by atoms with Crippen LogP contribution < -0.4 is 5.32 Å². The number of hydrogen-bond donors (Lipinski definition) is 1. The van der Waals surface area contributed by atoms with Crippen molar-refractivity contribution in [2.75, 3.05) is 5.32 Å². The average Bonchev–Trinajstić information content (AvgIpc) is 3.16. The molecule has 140 valence electrons. The van der Waals surface area contributed by atoms with Crippen LogP contribution in [-0.4, -0.2) is 26.0 Å². The average molecular weight is 411 g/mol. The number of nitriles is 1. The van der Waals surface area contributed by atoms with Crippen LogP contribution in [0.3, 0.4) is 0 Å². The molecule has 8 nitrogen and oxygen atoms in total. The third kappa shape index (κ3) is 4.70. The summed E-state index contributed by atoms with van der Waals surface area (Å²) in [5.74, 6) is -0.255. The summed E-state index contributed by atoms with van der Waals surface area (Å²) >= 11 is 2.47. The Morgan fingerprint density at radius 3 is 2.96 bits per heavy atom. The van der Waals surface area contributed by atoms with E-state index >= 15 is 0 Å². The number of non-ortho nitro benzene ring substituents is 1. The van der Waals surface area contributed by atoms with Gasteiger partial charge in [-0.25, -0.2) is 9.97 Å².